The molecule has 0 atom stereocenters. The number of carbonyl (C=O) groups excluding carboxylic acids is 1. The Kier molecular flexibility index (Phi) is 5.64. The van der Waals surface area contributed by atoms with E-state index in [1.54, 1.807) is 36.8 Å². The summed E-state index contributed by atoms with van der Waals surface area (Å²) in [5, 5.41) is 0. The molecule has 3 rings (SSSR count). The Morgan fingerprint density at radius 1 is 1.07 bits per heavy atom. The van der Waals surface area contributed by atoms with Crippen molar-refractivity contribution < 1.29 is 14.3 Å². The second kappa shape index (κ2) is 8.12. The van der Waals surface area contributed by atoms with Gasteiger partial charge in [-0.2, -0.15) is 0 Å². The molecular weight excluding hydrogens is 344 g/mol. The van der Waals surface area contributed by atoms with Crippen LogP contribution in [-0.2, 0) is 13.0 Å². The number of benzene rings is 1. The molecule has 0 saturated carbocycles. The molecule has 0 bridgehead atoms. The van der Waals surface area contributed by atoms with Gasteiger partial charge in [0.1, 0.15) is 5.56 Å². The summed E-state index contributed by atoms with van der Waals surface area (Å²) in [6, 6.07) is 7.52. The summed E-state index contributed by atoms with van der Waals surface area (Å²) < 4.78 is 12.2. The van der Waals surface area contributed by atoms with Crippen molar-refractivity contribution >= 4 is 5.91 Å². The molecule has 1 aromatic carbocycles. The molecule has 6 nitrogen and oxygen atoms in total. The maximum atomic E-state index is 12.9. The molecule has 0 unspecified atom stereocenters. The summed E-state index contributed by atoms with van der Waals surface area (Å²) in [5.74, 6) is 1.12. The number of amides is 1. The van der Waals surface area contributed by atoms with E-state index in [2.05, 4.69) is 0 Å². The van der Waals surface area contributed by atoms with E-state index < -0.39 is 0 Å². The van der Waals surface area contributed by atoms with Crippen LogP contribution in [0.5, 0.6) is 11.5 Å². The minimum absolute atomic E-state index is 0.206. The Labute approximate surface area is 158 Å². The Balaban J connectivity index is 1.81. The minimum atomic E-state index is -0.243. The Hall–Kier alpha value is -3.02. The summed E-state index contributed by atoms with van der Waals surface area (Å²) in [4.78, 5) is 27.3. The molecule has 0 spiro atoms. The summed E-state index contributed by atoms with van der Waals surface area (Å²) in [5.41, 5.74) is 1.75. The standard InChI is InChI=1S/C21H24N2O4/c1-15-8-12-23(21(25)19(15)20(24)22-10-4-5-11-22)13-9-16-6-7-17(26-2)18(14-16)27-3/h4-8,12,14H,9-11,13H2,1-3H3. The molecule has 142 valence electrons. The lowest BCUT2D eigenvalue weighted by molar-refractivity contribution is 0.0797. The molecule has 0 fully saturated rings. The number of hydrogen-bond donors (Lipinski definition) is 0. The first-order valence-electron chi connectivity index (χ1n) is 8.90. The fraction of sp³-hybridized carbons (Fsp3) is 0.333. The molecule has 1 aliphatic rings. The van der Waals surface area contributed by atoms with Crippen molar-refractivity contribution in [2.24, 2.45) is 0 Å². The summed E-state index contributed by atoms with van der Waals surface area (Å²) in [6.07, 6.45) is 6.26. The van der Waals surface area contributed by atoms with Crippen LogP contribution < -0.4 is 15.0 Å². The van der Waals surface area contributed by atoms with Gasteiger partial charge >= 0.3 is 0 Å². The first-order valence-corrected chi connectivity index (χ1v) is 8.90. The lowest BCUT2D eigenvalue weighted by Crippen LogP contribution is -2.36. The van der Waals surface area contributed by atoms with Gasteiger partial charge in [0, 0.05) is 25.8 Å². The Morgan fingerprint density at radius 3 is 2.44 bits per heavy atom. The zero-order chi connectivity index (χ0) is 19.4. The number of aromatic nitrogens is 1. The van der Waals surface area contributed by atoms with Crippen LogP contribution in [0.3, 0.4) is 0 Å². The molecule has 1 aliphatic heterocycles. The van der Waals surface area contributed by atoms with Gasteiger partial charge in [-0.15, -0.1) is 0 Å². The Bertz CT molecular complexity index is 922. The first-order chi connectivity index (χ1) is 13.0. The van der Waals surface area contributed by atoms with Crippen molar-refractivity contribution in [3.63, 3.8) is 0 Å². The molecule has 0 aliphatic carbocycles. The molecular formula is C21H24N2O4. The second-order valence-electron chi connectivity index (χ2n) is 6.49. The third-order valence-electron chi connectivity index (χ3n) is 4.78. The second-order valence-corrected chi connectivity index (χ2v) is 6.49. The number of aryl methyl sites for hydroxylation is 3. The molecule has 1 aromatic heterocycles. The van der Waals surface area contributed by atoms with Crippen LogP contribution >= 0.6 is 0 Å². The van der Waals surface area contributed by atoms with Crippen LogP contribution in [0.25, 0.3) is 0 Å². The van der Waals surface area contributed by atoms with Crippen molar-refractivity contribution in [3.8, 4) is 11.5 Å². The van der Waals surface area contributed by atoms with Gasteiger partial charge in [-0.3, -0.25) is 9.59 Å². The third kappa shape index (κ3) is 3.89. The number of methoxy groups -OCH3 is 2. The van der Waals surface area contributed by atoms with Gasteiger partial charge in [-0.05, 0) is 42.7 Å². The van der Waals surface area contributed by atoms with E-state index in [4.69, 9.17) is 9.47 Å². The zero-order valence-corrected chi connectivity index (χ0v) is 15.9. The fourth-order valence-electron chi connectivity index (χ4n) is 3.19. The highest BCUT2D eigenvalue weighted by Crippen LogP contribution is 2.27. The highest BCUT2D eigenvalue weighted by Gasteiger charge is 2.22. The average molecular weight is 368 g/mol. The number of ether oxygens (including phenoxy) is 2. The van der Waals surface area contributed by atoms with E-state index in [-0.39, 0.29) is 17.0 Å². The lowest BCUT2D eigenvalue weighted by atomic mass is 10.1. The molecule has 2 aromatic rings. The van der Waals surface area contributed by atoms with Crippen LogP contribution in [0.2, 0.25) is 0 Å². The molecule has 27 heavy (non-hydrogen) atoms. The number of pyridine rings is 1. The topological polar surface area (TPSA) is 60.8 Å². The SMILES string of the molecule is COc1ccc(CCn2ccc(C)c(C(=O)N3CC=CC3)c2=O)cc1OC. The van der Waals surface area contributed by atoms with Crippen LogP contribution in [0.4, 0.5) is 0 Å². The predicted octanol–water partition coefficient (Wildman–Crippen LogP) is 2.43. The van der Waals surface area contributed by atoms with Crippen LogP contribution in [-0.4, -0.2) is 42.7 Å². The Morgan fingerprint density at radius 2 is 1.78 bits per heavy atom. The van der Waals surface area contributed by atoms with Crippen molar-refractivity contribution in [3.05, 3.63) is 69.7 Å². The molecule has 0 N–H and O–H groups in total. The van der Waals surface area contributed by atoms with Gasteiger partial charge in [0.2, 0.25) is 0 Å². The van der Waals surface area contributed by atoms with Gasteiger partial charge in [-0.1, -0.05) is 18.2 Å². The van der Waals surface area contributed by atoms with Gasteiger partial charge in [0.05, 0.1) is 14.2 Å². The summed E-state index contributed by atoms with van der Waals surface area (Å²) >= 11 is 0. The maximum Gasteiger partial charge on any atom is 0.263 e. The van der Waals surface area contributed by atoms with Crippen molar-refractivity contribution in [2.75, 3.05) is 27.3 Å². The molecule has 6 heteroatoms. The molecule has 2 heterocycles. The largest absolute Gasteiger partial charge is 0.493 e. The lowest BCUT2D eigenvalue weighted by Gasteiger charge is -2.17. The third-order valence-corrected chi connectivity index (χ3v) is 4.78. The highest BCUT2D eigenvalue weighted by atomic mass is 16.5. The van der Waals surface area contributed by atoms with E-state index in [1.165, 1.54) is 0 Å². The van der Waals surface area contributed by atoms with Crippen molar-refractivity contribution in [1.82, 2.24) is 9.47 Å². The van der Waals surface area contributed by atoms with Crippen LogP contribution in [0.15, 0.2) is 47.4 Å². The molecule has 1 amide bonds. The summed E-state index contributed by atoms with van der Waals surface area (Å²) in [6.45, 7) is 3.39. The predicted molar refractivity (Wildman–Crippen MR) is 104 cm³/mol. The van der Waals surface area contributed by atoms with Gasteiger partial charge < -0.3 is 18.9 Å². The molecule has 0 saturated heterocycles. The smallest absolute Gasteiger partial charge is 0.263 e. The van der Waals surface area contributed by atoms with E-state index in [0.717, 1.165) is 5.56 Å². The van der Waals surface area contributed by atoms with Crippen LogP contribution in [0, 0.1) is 6.92 Å². The van der Waals surface area contributed by atoms with Gasteiger partial charge in [-0.25, -0.2) is 0 Å². The van der Waals surface area contributed by atoms with E-state index in [1.807, 2.05) is 36.4 Å². The summed E-state index contributed by atoms with van der Waals surface area (Å²) in [7, 11) is 3.19. The number of carbonyl (C=O) groups is 1. The first kappa shape index (κ1) is 18.8. The average Bonchev–Trinajstić information content (AvgIpc) is 3.22. The van der Waals surface area contributed by atoms with Gasteiger partial charge in [0.25, 0.3) is 11.5 Å². The maximum absolute atomic E-state index is 12.9. The highest BCUT2D eigenvalue weighted by molar-refractivity contribution is 5.95. The quantitative estimate of drug-likeness (QED) is 0.735. The zero-order valence-electron chi connectivity index (χ0n) is 15.9. The number of nitrogens with zero attached hydrogens (tertiary/aromatic N) is 2. The number of hydrogen-bond acceptors (Lipinski definition) is 4. The van der Waals surface area contributed by atoms with Crippen LogP contribution in [0.1, 0.15) is 21.5 Å². The molecule has 0 radical (unpaired) electrons. The van der Waals surface area contributed by atoms with Gasteiger partial charge in [0.15, 0.2) is 11.5 Å². The van der Waals surface area contributed by atoms with E-state index in [9.17, 15) is 9.59 Å². The van der Waals surface area contributed by atoms with E-state index >= 15 is 0 Å². The normalized spacial score (nSPS) is 13.1. The van der Waals surface area contributed by atoms with Crippen molar-refractivity contribution in [1.29, 1.82) is 0 Å². The monoisotopic (exact) mass is 368 g/mol. The fourth-order valence-corrected chi connectivity index (χ4v) is 3.19. The van der Waals surface area contributed by atoms with E-state index in [0.29, 0.717) is 43.1 Å². The van der Waals surface area contributed by atoms with Crippen molar-refractivity contribution in [2.45, 2.75) is 19.9 Å². The minimum Gasteiger partial charge on any atom is -0.493 e. The number of rotatable bonds is 6.